The fraction of sp³-hybridized carbons (Fsp3) is 0.545. The van der Waals surface area contributed by atoms with Gasteiger partial charge in [-0.2, -0.15) is 0 Å². The number of amides is 2. The molecule has 2 aliphatic heterocycles. The molecule has 0 saturated carbocycles. The number of likely N-dealkylation sites (tertiary alicyclic amines) is 1. The highest BCUT2D eigenvalue weighted by Crippen LogP contribution is 2.26. The van der Waals surface area contributed by atoms with Crippen LogP contribution in [0.2, 0.25) is 5.02 Å². The highest BCUT2D eigenvalue weighted by molar-refractivity contribution is 7.90. The Labute approximate surface area is 266 Å². The van der Waals surface area contributed by atoms with Gasteiger partial charge in [0.1, 0.15) is 0 Å². The van der Waals surface area contributed by atoms with Crippen LogP contribution in [0.3, 0.4) is 0 Å². The van der Waals surface area contributed by atoms with Gasteiger partial charge in [0.25, 0.3) is 0 Å². The van der Waals surface area contributed by atoms with Crippen molar-refractivity contribution in [2.75, 3.05) is 39.0 Å². The molecule has 2 saturated heterocycles. The minimum atomic E-state index is -3.74. The second-order valence-electron chi connectivity index (χ2n) is 12.2. The van der Waals surface area contributed by atoms with E-state index < -0.39 is 33.5 Å². The predicted octanol–water partition coefficient (Wildman–Crippen LogP) is 3.37. The van der Waals surface area contributed by atoms with Gasteiger partial charge in [-0.15, -0.1) is 0 Å². The molecule has 44 heavy (non-hydrogen) atoms. The van der Waals surface area contributed by atoms with Gasteiger partial charge in [-0.3, -0.25) is 14.4 Å². The van der Waals surface area contributed by atoms with Crippen molar-refractivity contribution < 1.29 is 22.8 Å². The summed E-state index contributed by atoms with van der Waals surface area (Å²) in [6.07, 6.45) is 3.51. The molecule has 0 bridgehead atoms. The first kappa shape index (κ1) is 34.1. The Kier molecular flexibility index (Phi) is 12.4. The Morgan fingerprint density at radius 3 is 2.50 bits per heavy atom. The van der Waals surface area contributed by atoms with Crippen LogP contribution in [0, 0.1) is 11.8 Å². The summed E-state index contributed by atoms with van der Waals surface area (Å²) in [7, 11) is -2.02. The zero-order chi connectivity index (χ0) is 31.7. The van der Waals surface area contributed by atoms with Crippen molar-refractivity contribution in [1.29, 1.82) is 0 Å². The number of nitrogens with zero attached hydrogens (tertiary/aromatic N) is 2. The lowest BCUT2D eigenvalue weighted by Gasteiger charge is -2.30. The average Bonchev–Trinajstić information content (AvgIpc) is 3.50. The number of aryl methyl sites for hydroxylation is 1. The van der Waals surface area contributed by atoms with Gasteiger partial charge in [-0.05, 0) is 79.9 Å². The molecule has 11 heteroatoms. The number of benzene rings is 2. The Hall–Kier alpha value is -2.79. The average molecular weight is 645 g/mol. The van der Waals surface area contributed by atoms with Crippen molar-refractivity contribution in [3.8, 4) is 0 Å². The number of piperidine rings is 1. The van der Waals surface area contributed by atoms with Gasteiger partial charge in [0.2, 0.25) is 11.8 Å². The van der Waals surface area contributed by atoms with E-state index in [0.717, 1.165) is 37.1 Å². The summed E-state index contributed by atoms with van der Waals surface area (Å²) in [6.45, 7) is 3.06. The van der Waals surface area contributed by atoms with Crippen molar-refractivity contribution in [3.63, 3.8) is 0 Å². The zero-order valence-electron chi connectivity index (χ0n) is 25.5. The third kappa shape index (κ3) is 9.60. The Balaban J connectivity index is 1.48. The fourth-order valence-electron chi connectivity index (χ4n) is 6.38. The normalized spacial score (nSPS) is 18.2. The molecule has 2 aromatic carbocycles. The Morgan fingerprint density at radius 1 is 1.07 bits per heavy atom. The molecule has 0 radical (unpaired) electrons. The standard InChI is InChI=1S/C33H45ClN4O5S/c1-37(21-24-13-15-36-16-14-24)32(40)19-28(23-44(42,43)22-25-6-3-2-4-7-25)33(41)38-17-5-8-30(38)31(39)12-10-26-18-29(34)11-9-27(26)20-35/h2-4,6-7,9,11,18,24,28,30,36H,5,8,10,12-17,19-23,35H2,1H3/t28-,30-/m0/s1. The van der Waals surface area contributed by atoms with Crippen molar-refractivity contribution in [1.82, 2.24) is 15.1 Å². The van der Waals surface area contributed by atoms with E-state index in [1.54, 1.807) is 42.3 Å². The van der Waals surface area contributed by atoms with Crippen molar-refractivity contribution in [2.45, 2.75) is 63.3 Å². The van der Waals surface area contributed by atoms with Crippen LogP contribution in [-0.4, -0.2) is 80.8 Å². The summed E-state index contributed by atoms with van der Waals surface area (Å²) in [5.41, 5.74) is 8.31. The maximum Gasteiger partial charge on any atom is 0.227 e. The number of carbonyl (C=O) groups excluding carboxylic acids is 3. The first-order valence-electron chi connectivity index (χ1n) is 15.6. The molecule has 0 unspecified atom stereocenters. The minimum absolute atomic E-state index is 0.0842. The van der Waals surface area contributed by atoms with Crippen LogP contribution in [0.4, 0.5) is 0 Å². The SMILES string of the molecule is CN(CC1CCNCC1)C(=O)C[C@@H](CS(=O)(=O)Cc1ccccc1)C(=O)N1CCC[C@H]1C(=O)CCc1cc(Cl)ccc1CN. The second kappa shape index (κ2) is 16.0. The van der Waals surface area contributed by atoms with E-state index in [-0.39, 0.29) is 30.3 Å². The molecule has 2 aliphatic rings. The third-order valence-electron chi connectivity index (χ3n) is 8.81. The van der Waals surface area contributed by atoms with E-state index >= 15 is 0 Å². The number of ketones is 1. The number of Topliss-reactive ketones (excluding diaryl/α,β-unsaturated/α-hetero) is 1. The molecule has 2 atom stereocenters. The van der Waals surface area contributed by atoms with Gasteiger partial charge in [0, 0.05) is 44.5 Å². The van der Waals surface area contributed by atoms with Gasteiger partial charge in [0.15, 0.2) is 15.6 Å². The molecular weight excluding hydrogens is 600 g/mol. The smallest absolute Gasteiger partial charge is 0.227 e. The number of hydrogen-bond acceptors (Lipinski definition) is 7. The third-order valence-corrected chi connectivity index (χ3v) is 10.7. The van der Waals surface area contributed by atoms with E-state index in [1.165, 1.54) is 4.90 Å². The van der Waals surface area contributed by atoms with E-state index in [0.29, 0.717) is 55.4 Å². The van der Waals surface area contributed by atoms with E-state index in [9.17, 15) is 22.8 Å². The quantitative estimate of drug-likeness (QED) is 0.323. The van der Waals surface area contributed by atoms with Crippen LogP contribution >= 0.6 is 11.6 Å². The molecule has 9 nitrogen and oxygen atoms in total. The Morgan fingerprint density at radius 2 is 1.80 bits per heavy atom. The molecule has 0 spiro atoms. The minimum Gasteiger partial charge on any atom is -0.345 e. The largest absolute Gasteiger partial charge is 0.345 e. The van der Waals surface area contributed by atoms with E-state index in [4.69, 9.17) is 17.3 Å². The summed E-state index contributed by atoms with van der Waals surface area (Å²) >= 11 is 6.18. The number of sulfone groups is 1. The second-order valence-corrected chi connectivity index (χ2v) is 14.7. The lowest BCUT2D eigenvalue weighted by atomic mass is 9.96. The molecule has 2 aromatic rings. The number of halogens is 1. The van der Waals surface area contributed by atoms with E-state index in [2.05, 4.69) is 5.32 Å². The van der Waals surface area contributed by atoms with Gasteiger partial charge in [-0.1, -0.05) is 48.0 Å². The summed E-state index contributed by atoms with van der Waals surface area (Å²) in [5, 5.41) is 3.89. The van der Waals surface area contributed by atoms with Gasteiger partial charge in [0.05, 0.1) is 23.5 Å². The van der Waals surface area contributed by atoms with Crippen LogP contribution in [0.25, 0.3) is 0 Å². The summed E-state index contributed by atoms with van der Waals surface area (Å²) in [5.74, 6) is -2.16. The number of rotatable bonds is 14. The van der Waals surface area contributed by atoms with Crippen LogP contribution in [0.1, 0.15) is 55.2 Å². The van der Waals surface area contributed by atoms with Gasteiger partial charge < -0.3 is 20.9 Å². The first-order chi connectivity index (χ1) is 21.1. The summed E-state index contributed by atoms with van der Waals surface area (Å²) in [4.78, 5) is 44.1. The van der Waals surface area contributed by atoms with E-state index in [1.807, 2.05) is 18.2 Å². The molecule has 0 aromatic heterocycles. The Bertz CT molecular complexity index is 1400. The van der Waals surface area contributed by atoms with Crippen LogP contribution in [0.15, 0.2) is 48.5 Å². The van der Waals surface area contributed by atoms with Gasteiger partial charge >= 0.3 is 0 Å². The fourth-order valence-corrected chi connectivity index (χ4v) is 8.27. The summed E-state index contributed by atoms with van der Waals surface area (Å²) in [6, 6.07) is 13.6. The summed E-state index contributed by atoms with van der Waals surface area (Å²) < 4.78 is 26.7. The lowest BCUT2D eigenvalue weighted by Crippen LogP contribution is -2.47. The monoisotopic (exact) mass is 644 g/mol. The number of carbonyl (C=O) groups is 3. The van der Waals surface area contributed by atoms with Crippen LogP contribution in [0.5, 0.6) is 0 Å². The lowest BCUT2D eigenvalue weighted by molar-refractivity contribution is -0.143. The maximum atomic E-state index is 14.1. The molecule has 0 aliphatic carbocycles. The number of nitrogens with two attached hydrogens (primary N) is 1. The number of nitrogens with one attached hydrogen (secondary N) is 1. The van der Waals surface area contributed by atoms with Crippen molar-refractivity contribution in [2.24, 2.45) is 17.6 Å². The number of hydrogen-bond donors (Lipinski definition) is 2. The molecule has 3 N–H and O–H groups in total. The molecule has 2 amide bonds. The van der Waals surface area contributed by atoms with Crippen LogP contribution < -0.4 is 11.1 Å². The molecule has 4 rings (SSSR count). The molecule has 2 heterocycles. The van der Waals surface area contributed by atoms with Crippen molar-refractivity contribution in [3.05, 3.63) is 70.2 Å². The highest BCUT2D eigenvalue weighted by atomic mass is 35.5. The molecule has 2 fully saturated rings. The molecule has 240 valence electrons. The van der Waals surface area contributed by atoms with Crippen molar-refractivity contribution >= 4 is 39.0 Å². The topological polar surface area (TPSA) is 130 Å². The highest BCUT2D eigenvalue weighted by Gasteiger charge is 2.39. The van der Waals surface area contributed by atoms with Crippen LogP contribution in [-0.2, 0) is 42.9 Å². The maximum absolute atomic E-state index is 14.1. The molecular formula is C33H45ClN4O5S. The first-order valence-corrected chi connectivity index (χ1v) is 17.8. The zero-order valence-corrected chi connectivity index (χ0v) is 27.1. The predicted molar refractivity (Wildman–Crippen MR) is 173 cm³/mol. The van der Waals surface area contributed by atoms with Gasteiger partial charge in [-0.25, -0.2) is 8.42 Å².